The Morgan fingerprint density at radius 1 is 1.14 bits per heavy atom. The van der Waals surface area contributed by atoms with Crippen LogP contribution in [0.3, 0.4) is 0 Å². The highest BCUT2D eigenvalue weighted by Gasteiger charge is 2.27. The van der Waals surface area contributed by atoms with Crippen LogP contribution in [-0.2, 0) is 0 Å². The van der Waals surface area contributed by atoms with Crippen LogP contribution in [0.1, 0.15) is 25.3 Å². The molecule has 0 amide bonds. The molecule has 0 unspecified atom stereocenters. The standard InChI is InChI=1S/C18H26N4/c1-2-21-9-5-7-17(21)15-20-10-12-22(13-11-20)18-8-4-3-6-16(18)14-19/h3-4,6,8,17H,2,5,7,9-13,15H2,1H3/t17-/m0/s1. The smallest absolute Gasteiger partial charge is 0.101 e. The van der Waals surface area contributed by atoms with Crippen LogP contribution in [0.2, 0.25) is 0 Å². The molecular weight excluding hydrogens is 272 g/mol. The molecule has 0 bridgehead atoms. The van der Waals surface area contributed by atoms with E-state index in [1.54, 1.807) is 0 Å². The molecule has 0 aliphatic carbocycles. The third-order valence-electron chi connectivity index (χ3n) is 5.11. The fraction of sp³-hybridized carbons (Fsp3) is 0.611. The van der Waals surface area contributed by atoms with Crippen LogP contribution in [0.25, 0.3) is 0 Å². The van der Waals surface area contributed by atoms with E-state index < -0.39 is 0 Å². The van der Waals surface area contributed by atoms with E-state index in [-0.39, 0.29) is 0 Å². The average molecular weight is 298 g/mol. The summed E-state index contributed by atoms with van der Waals surface area (Å²) in [6.07, 6.45) is 2.71. The zero-order valence-electron chi connectivity index (χ0n) is 13.5. The number of rotatable bonds is 4. The van der Waals surface area contributed by atoms with E-state index >= 15 is 0 Å². The van der Waals surface area contributed by atoms with Crippen molar-refractivity contribution in [3.05, 3.63) is 29.8 Å². The van der Waals surface area contributed by atoms with Crippen molar-refractivity contribution in [2.45, 2.75) is 25.8 Å². The first-order valence-corrected chi connectivity index (χ1v) is 8.52. The molecule has 0 spiro atoms. The predicted molar refractivity (Wildman–Crippen MR) is 90.1 cm³/mol. The number of likely N-dealkylation sites (N-methyl/N-ethyl adjacent to an activating group) is 1. The Kier molecular flexibility index (Phi) is 4.97. The Balaban J connectivity index is 1.55. The normalized spacial score (nSPS) is 23.6. The molecule has 2 fully saturated rings. The Morgan fingerprint density at radius 2 is 1.91 bits per heavy atom. The molecule has 1 atom stereocenters. The van der Waals surface area contributed by atoms with Gasteiger partial charge in [0.2, 0.25) is 0 Å². The van der Waals surface area contributed by atoms with Gasteiger partial charge in [0.05, 0.1) is 11.3 Å². The van der Waals surface area contributed by atoms with Gasteiger partial charge in [0.25, 0.3) is 0 Å². The maximum atomic E-state index is 9.25. The lowest BCUT2D eigenvalue weighted by molar-refractivity contribution is 0.170. The number of anilines is 1. The van der Waals surface area contributed by atoms with E-state index in [9.17, 15) is 5.26 Å². The number of piperazine rings is 1. The summed E-state index contributed by atoms with van der Waals surface area (Å²) in [6, 6.07) is 11.0. The first-order valence-electron chi connectivity index (χ1n) is 8.52. The molecule has 22 heavy (non-hydrogen) atoms. The second-order valence-electron chi connectivity index (χ2n) is 6.34. The summed E-state index contributed by atoms with van der Waals surface area (Å²) in [5.74, 6) is 0. The fourth-order valence-electron chi connectivity index (χ4n) is 3.83. The van der Waals surface area contributed by atoms with Gasteiger partial charge >= 0.3 is 0 Å². The molecule has 2 heterocycles. The number of hydrogen-bond acceptors (Lipinski definition) is 4. The van der Waals surface area contributed by atoms with Crippen molar-refractivity contribution in [1.82, 2.24) is 9.80 Å². The molecule has 0 saturated carbocycles. The summed E-state index contributed by atoms with van der Waals surface area (Å²) in [5, 5.41) is 9.25. The van der Waals surface area contributed by atoms with Gasteiger partial charge in [-0.15, -0.1) is 0 Å². The lowest BCUT2D eigenvalue weighted by Gasteiger charge is -2.38. The number of nitrogens with zero attached hydrogens (tertiary/aromatic N) is 4. The molecule has 3 rings (SSSR count). The highest BCUT2D eigenvalue weighted by molar-refractivity contribution is 5.59. The third kappa shape index (κ3) is 3.26. The predicted octanol–water partition coefficient (Wildman–Crippen LogP) is 2.16. The monoisotopic (exact) mass is 298 g/mol. The zero-order valence-corrected chi connectivity index (χ0v) is 13.5. The number of hydrogen-bond donors (Lipinski definition) is 0. The van der Waals surface area contributed by atoms with Gasteiger partial charge in [-0.3, -0.25) is 9.80 Å². The lowest BCUT2D eigenvalue weighted by atomic mass is 10.1. The molecule has 2 aliphatic rings. The topological polar surface area (TPSA) is 33.5 Å². The molecule has 1 aromatic carbocycles. The van der Waals surface area contributed by atoms with Crippen LogP contribution in [0.5, 0.6) is 0 Å². The minimum Gasteiger partial charge on any atom is -0.368 e. The average Bonchev–Trinajstić information content (AvgIpc) is 3.02. The second-order valence-corrected chi connectivity index (χ2v) is 6.34. The molecular formula is C18H26N4. The molecule has 4 nitrogen and oxygen atoms in total. The Hall–Kier alpha value is -1.57. The molecule has 4 heteroatoms. The highest BCUT2D eigenvalue weighted by atomic mass is 15.3. The van der Waals surface area contributed by atoms with Crippen molar-refractivity contribution < 1.29 is 0 Å². The fourth-order valence-corrected chi connectivity index (χ4v) is 3.83. The van der Waals surface area contributed by atoms with Crippen molar-refractivity contribution >= 4 is 5.69 Å². The summed E-state index contributed by atoms with van der Waals surface area (Å²) >= 11 is 0. The van der Waals surface area contributed by atoms with Crippen molar-refractivity contribution in [2.75, 3.05) is 50.7 Å². The molecule has 2 aliphatic heterocycles. The van der Waals surface area contributed by atoms with E-state index in [0.29, 0.717) is 0 Å². The maximum Gasteiger partial charge on any atom is 0.101 e. The van der Waals surface area contributed by atoms with E-state index in [2.05, 4.69) is 33.8 Å². The van der Waals surface area contributed by atoms with E-state index in [1.807, 2.05) is 18.2 Å². The number of benzene rings is 1. The molecule has 0 aromatic heterocycles. The second kappa shape index (κ2) is 7.13. The van der Waals surface area contributed by atoms with Crippen LogP contribution in [0.4, 0.5) is 5.69 Å². The van der Waals surface area contributed by atoms with Crippen LogP contribution in [0, 0.1) is 11.3 Å². The van der Waals surface area contributed by atoms with Gasteiger partial charge in [0.1, 0.15) is 6.07 Å². The minimum absolute atomic E-state index is 0.753. The van der Waals surface area contributed by atoms with Gasteiger partial charge in [-0.2, -0.15) is 5.26 Å². The van der Waals surface area contributed by atoms with E-state index in [1.165, 1.54) is 32.5 Å². The van der Waals surface area contributed by atoms with Crippen LogP contribution in [0.15, 0.2) is 24.3 Å². The Morgan fingerprint density at radius 3 is 2.64 bits per heavy atom. The number of likely N-dealkylation sites (tertiary alicyclic amines) is 1. The SMILES string of the molecule is CCN1CCC[C@H]1CN1CCN(c2ccccc2C#N)CC1. The first-order chi connectivity index (χ1) is 10.8. The van der Waals surface area contributed by atoms with Gasteiger partial charge in [-0.25, -0.2) is 0 Å². The number of para-hydroxylation sites is 1. The van der Waals surface area contributed by atoms with Gasteiger partial charge in [0.15, 0.2) is 0 Å². The van der Waals surface area contributed by atoms with Gasteiger partial charge in [-0.05, 0) is 38.1 Å². The molecule has 1 aromatic rings. The molecule has 0 N–H and O–H groups in total. The summed E-state index contributed by atoms with van der Waals surface area (Å²) in [4.78, 5) is 7.59. The molecule has 118 valence electrons. The summed E-state index contributed by atoms with van der Waals surface area (Å²) in [7, 11) is 0. The maximum absolute atomic E-state index is 9.25. The van der Waals surface area contributed by atoms with Gasteiger partial charge in [0, 0.05) is 38.8 Å². The summed E-state index contributed by atoms with van der Waals surface area (Å²) in [5.41, 5.74) is 1.89. The van der Waals surface area contributed by atoms with Crippen molar-refractivity contribution in [3.8, 4) is 6.07 Å². The van der Waals surface area contributed by atoms with E-state index in [4.69, 9.17) is 0 Å². The van der Waals surface area contributed by atoms with Crippen molar-refractivity contribution in [2.24, 2.45) is 0 Å². The lowest BCUT2D eigenvalue weighted by Crippen LogP contribution is -2.50. The van der Waals surface area contributed by atoms with E-state index in [0.717, 1.165) is 43.5 Å². The quantitative estimate of drug-likeness (QED) is 0.853. The molecule has 2 saturated heterocycles. The summed E-state index contributed by atoms with van der Waals surface area (Å²) < 4.78 is 0. The zero-order chi connectivity index (χ0) is 15.4. The Bertz CT molecular complexity index is 528. The van der Waals surface area contributed by atoms with Crippen LogP contribution in [-0.4, -0.2) is 61.7 Å². The van der Waals surface area contributed by atoms with Gasteiger partial charge in [-0.1, -0.05) is 19.1 Å². The third-order valence-corrected chi connectivity index (χ3v) is 5.11. The van der Waals surface area contributed by atoms with Gasteiger partial charge < -0.3 is 4.90 Å². The number of nitriles is 1. The highest BCUT2D eigenvalue weighted by Crippen LogP contribution is 2.22. The minimum atomic E-state index is 0.753. The first kappa shape index (κ1) is 15.3. The van der Waals surface area contributed by atoms with Crippen molar-refractivity contribution in [1.29, 1.82) is 5.26 Å². The van der Waals surface area contributed by atoms with Crippen LogP contribution < -0.4 is 4.90 Å². The Labute approximate surface area is 133 Å². The van der Waals surface area contributed by atoms with Crippen molar-refractivity contribution in [3.63, 3.8) is 0 Å². The van der Waals surface area contributed by atoms with Crippen LogP contribution >= 0.6 is 0 Å². The molecule has 0 radical (unpaired) electrons. The largest absolute Gasteiger partial charge is 0.368 e. The summed E-state index contributed by atoms with van der Waals surface area (Å²) in [6.45, 7) is 10.2.